The van der Waals surface area contributed by atoms with E-state index in [1.165, 1.54) is 4.90 Å². The second-order valence-corrected chi connectivity index (χ2v) is 6.98. The van der Waals surface area contributed by atoms with Crippen molar-refractivity contribution >= 4 is 17.7 Å². The maximum absolute atomic E-state index is 12.1. The molecule has 1 aromatic rings. The highest BCUT2D eigenvalue weighted by Crippen LogP contribution is 2.27. The highest BCUT2D eigenvalue weighted by molar-refractivity contribution is 7.99. The van der Waals surface area contributed by atoms with E-state index in [0.29, 0.717) is 19.6 Å². The molecule has 0 radical (unpaired) electrons. The molecule has 1 amide bonds. The van der Waals surface area contributed by atoms with Crippen molar-refractivity contribution < 1.29 is 14.3 Å². The van der Waals surface area contributed by atoms with Gasteiger partial charge in [-0.3, -0.25) is 4.79 Å². The summed E-state index contributed by atoms with van der Waals surface area (Å²) in [5.41, 5.74) is 0. The molecule has 22 heavy (non-hydrogen) atoms. The molecular weight excluding hydrogens is 298 g/mol. The van der Waals surface area contributed by atoms with E-state index in [2.05, 4.69) is 17.4 Å². The Balaban J connectivity index is 1.37. The van der Waals surface area contributed by atoms with Crippen LogP contribution in [0.3, 0.4) is 0 Å². The van der Waals surface area contributed by atoms with Crippen molar-refractivity contribution in [1.82, 2.24) is 5.32 Å². The van der Waals surface area contributed by atoms with E-state index in [9.17, 15) is 4.79 Å². The van der Waals surface area contributed by atoms with E-state index in [0.717, 1.165) is 25.0 Å². The number of hydrogen-bond acceptors (Lipinski definition) is 4. The van der Waals surface area contributed by atoms with E-state index in [1.807, 2.05) is 18.2 Å². The number of nitrogens with one attached hydrogen (secondary N) is 1. The Bertz CT molecular complexity index is 482. The number of ether oxygens (including phenoxy) is 2. The van der Waals surface area contributed by atoms with Crippen LogP contribution in [-0.4, -0.2) is 43.1 Å². The predicted molar refractivity (Wildman–Crippen MR) is 87.0 cm³/mol. The maximum atomic E-state index is 12.1. The SMILES string of the molecule is O=C(CCSc1ccccc1)NC1CCC2OCCOC2C1. The Hall–Kier alpha value is -1.04. The van der Waals surface area contributed by atoms with E-state index in [1.54, 1.807) is 11.8 Å². The molecule has 0 spiro atoms. The molecule has 2 aliphatic rings. The number of benzene rings is 1. The summed E-state index contributed by atoms with van der Waals surface area (Å²) < 4.78 is 11.5. The summed E-state index contributed by atoms with van der Waals surface area (Å²) >= 11 is 1.72. The van der Waals surface area contributed by atoms with Gasteiger partial charge in [-0.2, -0.15) is 0 Å². The number of rotatable bonds is 5. The first-order valence-corrected chi connectivity index (χ1v) is 9.00. The van der Waals surface area contributed by atoms with Crippen LogP contribution in [0.2, 0.25) is 0 Å². The van der Waals surface area contributed by atoms with Crippen LogP contribution in [0.5, 0.6) is 0 Å². The molecular formula is C17H23NO3S. The average Bonchev–Trinajstić information content (AvgIpc) is 2.56. The molecule has 4 nitrogen and oxygen atoms in total. The van der Waals surface area contributed by atoms with Crippen LogP contribution in [0.25, 0.3) is 0 Å². The lowest BCUT2D eigenvalue weighted by Gasteiger charge is -2.39. The number of carbonyl (C=O) groups is 1. The number of thioether (sulfide) groups is 1. The quantitative estimate of drug-likeness (QED) is 0.847. The highest BCUT2D eigenvalue weighted by Gasteiger charge is 2.34. The Labute approximate surface area is 135 Å². The van der Waals surface area contributed by atoms with E-state index in [4.69, 9.17) is 9.47 Å². The Kier molecular flexibility index (Phi) is 5.76. The number of carbonyl (C=O) groups excluding carboxylic acids is 1. The minimum absolute atomic E-state index is 0.142. The van der Waals surface area contributed by atoms with Crippen molar-refractivity contribution in [3.8, 4) is 0 Å². The van der Waals surface area contributed by atoms with Gasteiger partial charge in [-0.05, 0) is 31.4 Å². The molecule has 3 rings (SSSR count). The molecule has 1 saturated carbocycles. The third kappa shape index (κ3) is 4.48. The minimum atomic E-state index is 0.142. The van der Waals surface area contributed by atoms with E-state index >= 15 is 0 Å². The summed E-state index contributed by atoms with van der Waals surface area (Å²) in [6.45, 7) is 1.38. The first kappa shape index (κ1) is 15.8. The van der Waals surface area contributed by atoms with Crippen molar-refractivity contribution in [3.63, 3.8) is 0 Å². The summed E-state index contributed by atoms with van der Waals surface area (Å²) in [4.78, 5) is 13.3. The van der Waals surface area contributed by atoms with Gasteiger partial charge in [0.15, 0.2) is 0 Å². The zero-order valence-corrected chi connectivity index (χ0v) is 13.5. The largest absolute Gasteiger partial charge is 0.373 e. The molecule has 1 heterocycles. The number of amides is 1. The first-order chi connectivity index (χ1) is 10.8. The third-order valence-electron chi connectivity index (χ3n) is 4.18. The molecule has 1 saturated heterocycles. The first-order valence-electron chi connectivity index (χ1n) is 8.01. The Morgan fingerprint density at radius 3 is 2.73 bits per heavy atom. The molecule has 1 aliphatic heterocycles. The minimum Gasteiger partial charge on any atom is -0.373 e. The van der Waals surface area contributed by atoms with Gasteiger partial charge in [-0.15, -0.1) is 11.8 Å². The molecule has 1 aromatic carbocycles. The van der Waals surface area contributed by atoms with E-state index < -0.39 is 0 Å². The monoisotopic (exact) mass is 321 g/mol. The molecule has 2 fully saturated rings. The smallest absolute Gasteiger partial charge is 0.221 e. The fraction of sp³-hybridized carbons (Fsp3) is 0.588. The lowest BCUT2D eigenvalue weighted by molar-refractivity contribution is -0.158. The van der Waals surface area contributed by atoms with Crippen LogP contribution in [0.15, 0.2) is 35.2 Å². The zero-order valence-electron chi connectivity index (χ0n) is 12.7. The summed E-state index contributed by atoms with van der Waals surface area (Å²) in [5, 5.41) is 3.15. The summed E-state index contributed by atoms with van der Waals surface area (Å²) in [5.74, 6) is 0.956. The second kappa shape index (κ2) is 7.99. The molecule has 120 valence electrons. The van der Waals surface area contributed by atoms with Crippen LogP contribution < -0.4 is 5.32 Å². The Morgan fingerprint density at radius 1 is 1.14 bits per heavy atom. The van der Waals surface area contributed by atoms with Crippen LogP contribution in [0, 0.1) is 0 Å². The molecule has 3 atom stereocenters. The van der Waals surface area contributed by atoms with Crippen LogP contribution in [0.1, 0.15) is 25.7 Å². The van der Waals surface area contributed by atoms with Gasteiger partial charge in [0, 0.05) is 23.1 Å². The van der Waals surface area contributed by atoms with Crippen LogP contribution >= 0.6 is 11.8 Å². The summed E-state index contributed by atoms with van der Waals surface area (Å²) in [6, 6.07) is 10.4. The topological polar surface area (TPSA) is 47.6 Å². The normalized spacial score (nSPS) is 27.9. The number of fused-ring (bicyclic) bond motifs is 1. The fourth-order valence-corrected chi connectivity index (χ4v) is 3.95. The molecule has 1 N–H and O–H groups in total. The van der Waals surface area contributed by atoms with Crippen molar-refractivity contribution in [1.29, 1.82) is 0 Å². The number of hydrogen-bond donors (Lipinski definition) is 1. The van der Waals surface area contributed by atoms with Gasteiger partial charge in [0.1, 0.15) is 0 Å². The van der Waals surface area contributed by atoms with Crippen molar-refractivity contribution in [2.45, 2.75) is 48.8 Å². The highest BCUT2D eigenvalue weighted by atomic mass is 32.2. The molecule has 0 bridgehead atoms. The van der Waals surface area contributed by atoms with Gasteiger partial charge >= 0.3 is 0 Å². The lowest BCUT2D eigenvalue weighted by Crippen LogP contribution is -2.49. The van der Waals surface area contributed by atoms with E-state index in [-0.39, 0.29) is 24.2 Å². The predicted octanol–water partition coefficient (Wildman–Crippen LogP) is 2.62. The zero-order chi connectivity index (χ0) is 15.2. The van der Waals surface area contributed by atoms with Gasteiger partial charge in [0.05, 0.1) is 25.4 Å². The van der Waals surface area contributed by atoms with Gasteiger partial charge in [0.25, 0.3) is 0 Å². The fourth-order valence-electron chi connectivity index (χ4n) is 3.08. The second-order valence-electron chi connectivity index (χ2n) is 5.81. The van der Waals surface area contributed by atoms with Gasteiger partial charge < -0.3 is 14.8 Å². The average molecular weight is 321 g/mol. The van der Waals surface area contributed by atoms with Gasteiger partial charge in [-0.25, -0.2) is 0 Å². The van der Waals surface area contributed by atoms with Crippen molar-refractivity contribution in [2.24, 2.45) is 0 Å². The molecule has 5 heteroatoms. The molecule has 1 aliphatic carbocycles. The lowest BCUT2D eigenvalue weighted by atomic mass is 9.89. The van der Waals surface area contributed by atoms with Crippen LogP contribution in [-0.2, 0) is 14.3 Å². The van der Waals surface area contributed by atoms with Gasteiger partial charge in [-0.1, -0.05) is 18.2 Å². The maximum Gasteiger partial charge on any atom is 0.221 e. The summed E-state index contributed by atoms with van der Waals surface area (Å²) in [7, 11) is 0. The van der Waals surface area contributed by atoms with Gasteiger partial charge in [0.2, 0.25) is 5.91 Å². The van der Waals surface area contributed by atoms with Crippen LogP contribution in [0.4, 0.5) is 0 Å². The standard InChI is InChI=1S/C17H23NO3S/c19-17(8-11-22-14-4-2-1-3-5-14)18-13-6-7-15-16(12-13)21-10-9-20-15/h1-5,13,15-16H,6-12H2,(H,18,19). The Morgan fingerprint density at radius 2 is 1.91 bits per heavy atom. The molecule has 0 aromatic heterocycles. The van der Waals surface area contributed by atoms with Crippen molar-refractivity contribution in [2.75, 3.05) is 19.0 Å². The third-order valence-corrected chi connectivity index (χ3v) is 5.20. The molecule has 3 unspecified atom stereocenters. The summed E-state index contributed by atoms with van der Waals surface area (Å²) in [6.07, 6.45) is 3.79. The van der Waals surface area contributed by atoms with Crippen molar-refractivity contribution in [3.05, 3.63) is 30.3 Å².